The lowest BCUT2D eigenvalue weighted by molar-refractivity contribution is 0.0541. The Kier molecular flexibility index (Phi) is 4.82. The molecule has 20 heavy (non-hydrogen) atoms. The van der Waals surface area contributed by atoms with Gasteiger partial charge in [-0.05, 0) is 69.5 Å². The molecule has 0 spiro atoms. The van der Waals surface area contributed by atoms with E-state index in [1.54, 1.807) is 6.07 Å². The van der Waals surface area contributed by atoms with E-state index in [0.717, 1.165) is 30.6 Å². The van der Waals surface area contributed by atoms with Gasteiger partial charge in [-0.2, -0.15) is 0 Å². The molecule has 0 aliphatic carbocycles. The number of rotatable bonds is 4. The van der Waals surface area contributed by atoms with Crippen molar-refractivity contribution in [2.45, 2.75) is 58.0 Å². The quantitative estimate of drug-likeness (QED) is 0.908. The fraction of sp³-hybridized carbons (Fsp3) is 0.647. The number of benzene rings is 1. The Balaban J connectivity index is 2.29. The van der Waals surface area contributed by atoms with Crippen LogP contribution in [0.1, 0.15) is 56.7 Å². The number of hydrogen-bond donors (Lipinski definition) is 1. The lowest BCUT2D eigenvalue weighted by Crippen LogP contribution is -2.54. The zero-order valence-electron chi connectivity index (χ0n) is 13.0. The van der Waals surface area contributed by atoms with Crippen LogP contribution in [0.25, 0.3) is 0 Å². The van der Waals surface area contributed by atoms with E-state index in [9.17, 15) is 4.39 Å². The van der Waals surface area contributed by atoms with Gasteiger partial charge in [-0.25, -0.2) is 4.39 Å². The molecule has 0 saturated carbocycles. The molecule has 0 radical (unpaired) electrons. The van der Waals surface area contributed by atoms with Crippen LogP contribution >= 0.6 is 0 Å². The predicted molar refractivity (Wildman–Crippen MR) is 82.2 cm³/mol. The van der Waals surface area contributed by atoms with Crippen LogP contribution in [0.5, 0.6) is 0 Å². The Labute approximate surface area is 122 Å². The van der Waals surface area contributed by atoms with Gasteiger partial charge in [-0.1, -0.05) is 19.4 Å². The van der Waals surface area contributed by atoms with Crippen molar-refractivity contribution in [2.24, 2.45) is 5.73 Å². The summed E-state index contributed by atoms with van der Waals surface area (Å²) < 4.78 is 13.3. The van der Waals surface area contributed by atoms with Gasteiger partial charge in [0.05, 0.1) is 0 Å². The van der Waals surface area contributed by atoms with Crippen molar-refractivity contribution in [3.63, 3.8) is 0 Å². The molecule has 1 aromatic carbocycles. The maximum atomic E-state index is 13.3. The largest absolute Gasteiger partial charge is 0.322 e. The van der Waals surface area contributed by atoms with Crippen molar-refractivity contribution in [1.82, 2.24) is 4.90 Å². The maximum Gasteiger partial charge on any atom is 0.123 e. The van der Waals surface area contributed by atoms with Crippen LogP contribution in [0.3, 0.4) is 0 Å². The normalized spacial score (nSPS) is 21.4. The van der Waals surface area contributed by atoms with Gasteiger partial charge in [-0.15, -0.1) is 0 Å². The van der Waals surface area contributed by atoms with Gasteiger partial charge in [0.2, 0.25) is 0 Å². The summed E-state index contributed by atoms with van der Waals surface area (Å²) in [5.41, 5.74) is 8.57. The van der Waals surface area contributed by atoms with Crippen LogP contribution in [0.15, 0.2) is 18.2 Å². The van der Waals surface area contributed by atoms with Crippen molar-refractivity contribution in [3.05, 3.63) is 35.1 Å². The highest BCUT2D eigenvalue weighted by atomic mass is 19.1. The number of nitrogens with two attached hydrogens (primary N) is 1. The van der Waals surface area contributed by atoms with E-state index >= 15 is 0 Å². The highest BCUT2D eigenvalue weighted by molar-refractivity contribution is 5.31. The average molecular weight is 278 g/mol. The molecule has 2 rings (SSSR count). The summed E-state index contributed by atoms with van der Waals surface area (Å²) in [4.78, 5) is 2.53. The van der Waals surface area contributed by atoms with Gasteiger partial charge in [0.25, 0.3) is 0 Å². The highest BCUT2D eigenvalue weighted by Crippen LogP contribution is 2.35. The second kappa shape index (κ2) is 6.23. The molecule has 3 heteroatoms. The number of aryl methyl sites for hydroxylation is 1. The summed E-state index contributed by atoms with van der Waals surface area (Å²) in [6.07, 6.45) is 4.83. The predicted octanol–water partition coefficient (Wildman–Crippen LogP) is 3.79. The Morgan fingerprint density at radius 1 is 1.30 bits per heavy atom. The van der Waals surface area contributed by atoms with E-state index in [0.29, 0.717) is 0 Å². The second-order valence-corrected chi connectivity index (χ2v) is 6.24. The summed E-state index contributed by atoms with van der Waals surface area (Å²) >= 11 is 0. The molecule has 2 N–H and O–H groups in total. The van der Waals surface area contributed by atoms with Gasteiger partial charge in [-0.3, -0.25) is 4.90 Å². The van der Waals surface area contributed by atoms with E-state index in [-0.39, 0.29) is 17.4 Å². The van der Waals surface area contributed by atoms with Gasteiger partial charge in [0, 0.05) is 11.6 Å². The first-order chi connectivity index (χ1) is 9.49. The molecule has 0 bridgehead atoms. The molecule has 2 nitrogen and oxygen atoms in total. The number of piperidine rings is 1. The topological polar surface area (TPSA) is 29.3 Å². The zero-order chi connectivity index (χ0) is 14.8. The summed E-state index contributed by atoms with van der Waals surface area (Å²) in [7, 11) is 0. The van der Waals surface area contributed by atoms with Crippen molar-refractivity contribution >= 4 is 0 Å². The molecule has 0 amide bonds. The van der Waals surface area contributed by atoms with Gasteiger partial charge >= 0.3 is 0 Å². The average Bonchev–Trinajstić information content (AvgIpc) is 2.46. The maximum absolute atomic E-state index is 13.3. The van der Waals surface area contributed by atoms with Crippen molar-refractivity contribution in [2.75, 3.05) is 13.1 Å². The zero-order valence-corrected chi connectivity index (χ0v) is 13.0. The minimum Gasteiger partial charge on any atom is -0.322 e. The van der Waals surface area contributed by atoms with Gasteiger partial charge in [0.1, 0.15) is 5.82 Å². The Hall–Kier alpha value is -0.930. The van der Waals surface area contributed by atoms with E-state index in [1.807, 2.05) is 13.0 Å². The lowest BCUT2D eigenvalue weighted by Gasteiger charge is -2.47. The van der Waals surface area contributed by atoms with Gasteiger partial charge in [0.15, 0.2) is 0 Å². The molecule has 1 saturated heterocycles. The standard InChI is InChI=1S/C17H27FN2/c1-4-17(3,20-10-6-5-7-11-20)16(19)15-9-8-14(18)12-13(15)2/h8-9,12,16H,4-7,10-11,19H2,1-3H3. The monoisotopic (exact) mass is 278 g/mol. The van der Waals surface area contributed by atoms with Crippen molar-refractivity contribution < 1.29 is 4.39 Å². The molecule has 2 unspecified atom stereocenters. The van der Waals surface area contributed by atoms with E-state index in [4.69, 9.17) is 5.73 Å². The minimum atomic E-state index is -0.186. The molecule has 1 fully saturated rings. The molecular formula is C17H27FN2. The Bertz CT molecular complexity index is 454. The summed E-state index contributed by atoms with van der Waals surface area (Å²) in [6, 6.07) is 4.88. The van der Waals surface area contributed by atoms with Crippen LogP contribution < -0.4 is 5.73 Å². The van der Waals surface area contributed by atoms with Crippen molar-refractivity contribution in [3.8, 4) is 0 Å². The Morgan fingerprint density at radius 2 is 1.95 bits per heavy atom. The Morgan fingerprint density at radius 3 is 2.50 bits per heavy atom. The van der Waals surface area contributed by atoms with Crippen LogP contribution in [-0.4, -0.2) is 23.5 Å². The SMILES string of the molecule is CCC(C)(C(N)c1ccc(F)cc1C)N1CCCCC1. The van der Waals surface area contributed by atoms with Crippen LogP contribution in [0.2, 0.25) is 0 Å². The number of nitrogens with zero attached hydrogens (tertiary/aromatic N) is 1. The van der Waals surface area contributed by atoms with Crippen LogP contribution in [-0.2, 0) is 0 Å². The molecule has 0 aromatic heterocycles. The lowest BCUT2D eigenvalue weighted by atomic mass is 9.81. The third-order valence-electron chi connectivity index (χ3n) is 5.03. The molecule has 1 aliphatic rings. The fourth-order valence-electron chi connectivity index (χ4n) is 3.37. The summed E-state index contributed by atoms with van der Waals surface area (Å²) in [5.74, 6) is -0.186. The first-order valence-electron chi connectivity index (χ1n) is 7.75. The molecule has 1 aromatic rings. The first-order valence-corrected chi connectivity index (χ1v) is 7.75. The first kappa shape index (κ1) is 15.5. The smallest absolute Gasteiger partial charge is 0.123 e. The highest BCUT2D eigenvalue weighted by Gasteiger charge is 2.38. The van der Waals surface area contributed by atoms with Gasteiger partial charge < -0.3 is 5.73 Å². The number of halogens is 1. The van der Waals surface area contributed by atoms with E-state index in [2.05, 4.69) is 18.7 Å². The third-order valence-corrected chi connectivity index (χ3v) is 5.03. The molecule has 112 valence electrons. The fourth-order valence-corrected chi connectivity index (χ4v) is 3.37. The van der Waals surface area contributed by atoms with Crippen LogP contribution in [0.4, 0.5) is 4.39 Å². The summed E-state index contributed by atoms with van der Waals surface area (Å²) in [5, 5.41) is 0. The minimum absolute atomic E-state index is 0.0526. The molecular weight excluding hydrogens is 251 g/mol. The summed E-state index contributed by atoms with van der Waals surface area (Å²) in [6.45, 7) is 8.65. The third kappa shape index (κ3) is 2.89. The molecule has 1 heterocycles. The van der Waals surface area contributed by atoms with Crippen LogP contribution in [0, 0.1) is 12.7 Å². The van der Waals surface area contributed by atoms with E-state index < -0.39 is 0 Å². The van der Waals surface area contributed by atoms with E-state index in [1.165, 1.54) is 25.3 Å². The molecule has 2 atom stereocenters. The molecule has 1 aliphatic heterocycles. The van der Waals surface area contributed by atoms with Crippen molar-refractivity contribution in [1.29, 1.82) is 0 Å². The number of likely N-dealkylation sites (tertiary alicyclic amines) is 1. The second-order valence-electron chi connectivity index (χ2n) is 6.24. The number of hydrogen-bond acceptors (Lipinski definition) is 2.